The smallest absolute Gasteiger partial charge is 0.330 e. The van der Waals surface area contributed by atoms with Gasteiger partial charge in [0.15, 0.2) is 0 Å². The van der Waals surface area contributed by atoms with E-state index >= 15 is 0 Å². The van der Waals surface area contributed by atoms with Crippen molar-refractivity contribution in [2.45, 2.75) is 29.5 Å². The number of esters is 2. The molecule has 1 aliphatic heterocycles. The fourth-order valence-corrected chi connectivity index (χ4v) is 3.89. The predicted octanol–water partition coefficient (Wildman–Crippen LogP) is 3.26. The van der Waals surface area contributed by atoms with E-state index in [2.05, 4.69) is 4.98 Å². The van der Waals surface area contributed by atoms with Crippen LogP contribution in [0.3, 0.4) is 0 Å². The lowest BCUT2D eigenvalue weighted by Gasteiger charge is -2.24. The predicted molar refractivity (Wildman–Crippen MR) is 87.9 cm³/mol. The molecule has 0 aliphatic carbocycles. The zero-order chi connectivity index (χ0) is 16.3. The first-order valence-electron chi connectivity index (χ1n) is 7.50. The summed E-state index contributed by atoms with van der Waals surface area (Å²) in [6.07, 6.45) is 2.98. The Balaban J connectivity index is 1.78. The first-order valence-corrected chi connectivity index (χ1v) is 8.31. The van der Waals surface area contributed by atoms with Crippen LogP contribution in [0.15, 0.2) is 59.8 Å². The number of hydrogen-bond donors (Lipinski definition) is 0. The number of carbonyl (C=O) groups excluding carboxylic acids is 2. The number of cyclic esters (lactones) is 2. The van der Waals surface area contributed by atoms with Gasteiger partial charge in [-0.05, 0) is 37.5 Å². The van der Waals surface area contributed by atoms with Gasteiger partial charge in [-0.2, -0.15) is 0 Å². The summed E-state index contributed by atoms with van der Waals surface area (Å²) in [7, 11) is 0. The molecule has 0 N–H and O–H groups in total. The van der Waals surface area contributed by atoms with Crippen LogP contribution in [-0.2, 0) is 20.7 Å². The number of thioether (sulfide) groups is 1. The minimum absolute atomic E-state index is 0.433. The SMILES string of the molecule is C[C@]1(Sc2ccccn2)C(=O)OC(=O)[C@@H]1CCc1ccccc1. The number of carbonyl (C=O) groups is 2. The van der Waals surface area contributed by atoms with Crippen LogP contribution < -0.4 is 0 Å². The zero-order valence-electron chi connectivity index (χ0n) is 12.8. The molecule has 3 rings (SSSR count). The molecule has 1 fully saturated rings. The first kappa shape index (κ1) is 15.7. The van der Waals surface area contributed by atoms with E-state index in [1.165, 1.54) is 11.8 Å². The summed E-state index contributed by atoms with van der Waals surface area (Å²) in [4.78, 5) is 28.6. The highest BCUT2D eigenvalue weighted by Crippen LogP contribution is 2.45. The molecular weight excluding hydrogens is 310 g/mol. The minimum Gasteiger partial charge on any atom is -0.392 e. The van der Waals surface area contributed by atoms with Crippen LogP contribution in [0.1, 0.15) is 18.9 Å². The number of nitrogens with zero attached hydrogens (tertiary/aromatic N) is 1. The van der Waals surface area contributed by atoms with Crippen molar-refractivity contribution < 1.29 is 14.3 Å². The quantitative estimate of drug-likeness (QED) is 0.623. The number of rotatable bonds is 5. The average Bonchev–Trinajstić information content (AvgIpc) is 2.76. The standard InChI is InChI=1S/C18H17NO3S/c1-18(23-15-9-5-6-12-19-15)14(16(20)22-17(18)21)11-10-13-7-3-2-4-8-13/h2-9,12,14H,10-11H2,1H3/t14-,18+/m0/s1. The summed E-state index contributed by atoms with van der Waals surface area (Å²) in [6, 6.07) is 15.4. The second-order valence-corrected chi connectivity index (χ2v) is 7.13. The van der Waals surface area contributed by atoms with Crippen molar-refractivity contribution in [1.29, 1.82) is 0 Å². The van der Waals surface area contributed by atoms with E-state index in [-0.39, 0.29) is 0 Å². The lowest BCUT2D eigenvalue weighted by atomic mass is 9.89. The van der Waals surface area contributed by atoms with Gasteiger partial charge in [-0.25, -0.2) is 4.98 Å². The summed E-state index contributed by atoms with van der Waals surface area (Å²) < 4.78 is 3.99. The number of pyridine rings is 1. The summed E-state index contributed by atoms with van der Waals surface area (Å²) in [5.74, 6) is -1.38. The van der Waals surface area contributed by atoms with Crippen LogP contribution in [0, 0.1) is 5.92 Å². The Morgan fingerprint density at radius 2 is 1.87 bits per heavy atom. The summed E-state index contributed by atoms with van der Waals surface area (Å²) >= 11 is 1.30. The second kappa shape index (κ2) is 6.54. The molecule has 0 spiro atoms. The van der Waals surface area contributed by atoms with Gasteiger partial charge in [0.25, 0.3) is 0 Å². The van der Waals surface area contributed by atoms with Gasteiger partial charge in [0.05, 0.1) is 10.9 Å². The molecule has 0 bridgehead atoms. The molecule has 0 saturated carbocycles. The van der Waals surface area contributed by atoms with E-state index in [9.17, 15) is 9.59 Å². The van der Waals surface area contributed by atoms with Crippen molar-refractivity contribution in [1.82, 2.24) is 4.98 Å². The van der Waals surface area contributed by atoms with E-state index in [4.69, 9.17) is 4.74 Å². The fraction of sp³-hybridized carbons (Fsp3) is 0.278. The van der Waals surface area contributed by atoms with Crippen molar-refractivity contribution in [3.8, 4) is 0 Å². The Labute approximate surface area is 139 Å². The number of hydrogen-bond acceptors (Lipinski definition) is 5. The molecule has 1 saturated heterocycles. The van der Waals surface area contributed by atoms with E-state index in [1.807, 2.05) is 48.5 Å². The maximum atomic E-state index is 12.2. The monoisotopic (exact) mass is 327 g/mol. The molecule has 4 nitrogen and oxygen atoms in total. The number of ether oxygens (including phenoxy) is 1. The highest BCUT2D eigenvalue weighted by molar-refractivity contribution is 8.01. The third-order valence-electron chi connectivity index (χ3n) is 4.07. The van der Waals surface area contributed by atoms with Gasteiger partial charge in [-0.15, -0.1) is 0 Å². The lowest BCUT2D eigenvalue weighted by molar-refractivity contribution is -0.153. The molecule has 2 heterocycles. The summed E-state index contributed by atoms with van der Waals surface area (Å²) in [5.41, 5.74) is 1.14. The lowest BCUT2D eigenvalue weighted by Crippen LogP contribution is -2.35. The topological polar surface area (TPSA) is 56.3 Å². The van der Waals surface area contributed by atoms with Gasteiger partial charge in [-0.1, -0.05) is 48.2 Å². The zero-order valence-corrected chi connectivity index (χ0v) is 13.6. The largest absolute Gasteiger partial charge is 0.392 e. The maximum absolute atomic E-state index is 12.2. The van der Waals surface area contributed by atoms with Crippen molar-refractivity contribution in [3.63, 3.8) is 0 Å². The van der Waals surface area contributed by atoms with Crippen molar-refractivity contribution in [3.05, 3.63) is 60.3 Å². The van der Waals surface area contributed by atoms with Crippen LogP contribution >= 0.6 is 11.8 Å². The highest BCUT2D eigenvalue weighted by atomic mass is 32.2. The van der Waals surface area contributed by atoms with Gasteiger partial charge in [0.2, 0.25) is 0 Å². The fourth-order valence-electron chi connectivity index (χ4n) is 2.72. The van der Waals surface area contributed by atoms with Gasteiger partial charge >= 0.3 is 11.9 Å². The average molecular weight is 327 g/mol. The maximum Gasteiger partial charge on any atom is 0.330 e. The van der Waals surface area contributed by atoms with Crippen LogP contribution in [0.5, 0.6) is 0 Å². The number of benzene rings is 1. The van der Waals surface area contributed by atoms with E-state index in [0.717, 1.165) is 12.0 Å². The third kappa shape index (κ3) is 3.29. The number of aromatic nitrogens is 1. The molecule has 0 radical (unpaired) electrons. The Hall–Kier alpha value is -2.14. The van der Waals surface area contributed by atoms with Crippen molar-refractivity contribution in [2.75, 3.05) is 0 Å². The van der Waals surface area contributed by atoms with Gasteiger partial charge < -0.3 is 4.74 Å². The van der Waals surface area contributed by atoms with Gasteiger partial charge in [0.1, 0.15) is 4.75 Å². The molecule has 118 valence electrons. The Morgan fingerprint density at radius 3 is 2.57 bits per heavy atom. The molecule has 0 amide bonds. The molecule has 0 unspecified atom stereocenters. The molecule has 23 heavy (non-hydrogen) atoms. The normalized spacial score (nSPS) is 23.8. The van der Waals surface area contributed by atoms with E-state index in [1.54, 1.807) is 13.1 Å². The minimum atomic E-state index is -0.930. The van der Waals surface area contributed by atoms with Gasteiger partial charge in [-0.3, -0.25) is 9.59 Å². The summed E-state index contributed by atoms with van der Waals surface area (Å²) in [6.45, 7) is 1.77. The van der Waals surface area contributed by atoms with Crippen LogP contribution in [0.2, 0.25) is 0 Å². The molecule has 1 aliphatic rings. The summed E-state index contributed by atoms with van der Waals surface area (Å²) in [5, 5.41) is 0.714. The van der Waals surface area contributed by atoms with Crippen LogP contribution in [-0.4, -0.2) is 21.7 Å². The Kier molecular flexibility index (Phi) is 4.48. The molecule has 1 aromatic heterocycles. The molecular formula is C18H17NO3S. The molecule has 5 heteroatoms. The van der Waals surface area contributed by atoms with Crippen molar-refractivity contribution >= 4 is 23.7 Å². The molecule has 1 aromatic carbocycles. The third-order valence-corrected chi connectivity index (χ3v) is 5.39. The van der Waals surface area contributed by atoms with Gasteiger partial charge in [0, 0.05) is 6.20 Å². The number of aryl methyl sites for hydroxylation is 1. The highest BCUT2D eigenvalue weighted by Gasteiger charge is 2.55. The van der Waals surface area contributed by atoms with Crippen LogP contribution in [0.25, 0.3) is 0 Å². The Bertz CT molecular complexity index is 705. The van der Waals surface area contributed by atoms with E-state index < -0.39 is 22.6 Å². The Morgan fingerprint density at radius 1 is 1.13 bits per heavy atom. The molecule has 2 atom stereocenters. The van der Waals surface area contributed by atoms with E-state index in [0.29, 0.717) is 11.4 Å². The first-order chi connectivity index (χ1) is 11.1. The van der Waals surface area contributed by atoms with Crippen molar-refractivity contribution in [2.24, 2.45) is 5.92 Å². The second-order valence-electron chi connectivity index (χ2n) is 5.66. The van der Waals surface area contributed by atoms with Crippen LogP contribution in [0.4, 0.5) is 0 Å². The molecule has 2 aromatic rings.